The highest BCUT2D eigenvalue weighted by Gasteiger charge is 2.24. The van der Waals surface area contributed by atoms with Crippen LogP contribution in [0.25, 0.3) is 27.8 Å². The van der Waals surface area contributed by atoms with Gasteiger partial charge >= 0.3 is 5.97 Å². The molecule has 1 aromatic heterocycles. The molecule has 200 valence electrons. The Balaban J connectivity index is 0.000000248. The number of nitrogens with one attached hydrogen (secondary N) is 2. The lowest BCUT2D eigenvalue weighted by Crippen LogP contribution is -2.52. The molecule has 2 heterocycles. The van der Waals surface area contributed by atoms with Gasteiger partial charge in [-0.3, -0.25) is 14.5 Å². The first kappa shape index (κ1) is 28.1. The molecule has 0 radical (unpaired) electrons. The van der Waals surface area contributed by atoms with Crippen molar-refractivity contribution in [3.8, 4) is 22.6 Å². The predicted molar refractivity (Wildman–Crippen MR) is 142 cm³/mol. The topological polar surface area (TPSA) is 119 Å². The Hall–Kier alpha value is -3.47. The number of nitrogens with zero attached hydrogens (tertiary/aromatic N) is 2. The summed E-state index contributed by atoms with van der Waals surface area (Å²) in [7, 11) is 3.60. The van der Waals surface area contributed by atoms with Crippen molar-refractivity contribution in [2.75, 3.05) is 53.5 Å². The van der Waals surface area contributed by atoms with E-state index in [1.165, 1.54) is 12.1 Å². The Morgan fingerprint density at radius 2 is 1.84 bits per heavy atom. The molecule has 4 rings (SSSR count). The number of halogens is 1. The van der Waals surface area contributed by atoms with Gasteiger partial charge in [-0.1, -0.05) is 19.1 Å². The number of hydrogen-bond acceptors (Lipinski definition) is 6. The minimum Gasteiger partial charge on any atom is -0.676 e. The number of methoxy groups -OCH3 is 1. The molecule has 1 atom stereocenters. The summed E-state index contributed by atoms with van der Waals surface area (Å²) in [5.74, 6) is -0.269. The molecule has 37 heavy (non-hydrogen) atoms. The van der Waals surface area contributed by atoms with Crippen LogP contribution in [0.15, 0.2) is 47.4 Å². The second kappa shape index (κ2) is 13.2. The number of likely N-dealkylation sites (N-methyl/N-ethyl adjacent to an activating group) is 1. The molecule has 1 aliphatic heterocycles. The lowest BCUT2D eigenvalue weighted by atomic mass is 10.0. The fourth-order valence-electron chi connectivity index (χ4n) is 4.09. The molecule has 0 bridgehead atoms. The van der Waals surface area contributed by atoms with Crippen LogP contribution in [-0.2, 0) is 4.79 Å². The van der Waals surface area contributed by atoms with Crippen LogP contribution in [0.1, 0.15) is 13.3 Å². The number of benzene rings is 2. The summed E-state index contributed by atoms with van der Waals surface area (Å²) in [6.07, 6.45) is 2.41. The fraction of sp³-hybridized carbons (Fsp3) is 0.407. The van der Waals surface area contributed by atoms with Crippen molar-refractivity contribution in [3.05, 3.63) is 64.4 Å². The van der Waals surface area contributed by atoms with E-state index in [1.54, 1.807) is 37.6 Å². The summed E-state index contributed by atoms with van der Waals surface area (Å²) in [6, 6.07) is 9.24. The maximum absolute atomic E-state index is 14.3. The largest absolute Gasteiger partial charge is 0.676 e. The van der Waals surface area contributed by atoms with E-state index in [-0.39, 0.29) is 17.4 Å². The fourth-order valence-corrected chi connectivity index (χ4v) is 4.09. The summed E-state index contributed by atoms with van der Waals surface area (Å²) in [6.45, 7) is 5.73. The number of aliphatic carboxylic acids is 1. The number of fused-ring (bicyclic) bond motifs is 1. The van der Waals surface area contributed by atoms with E-state index in [4.69, 9.17) is 20.3 Å². The van der Waals surface area contributed by atoms with Gasteiger partial charge in [0.2, 0.25) is 0 Å². The van der Waals surface area contributed by atoms with Crippen LogP contribution in [-0.4, -0.2) is 85.4 Å². The number of rotatable bonds is 8. The van der Waals surface area contributed by atoms with Crippen molar-refractivity contribution in [1.29, 1.82) is 0 Å². The van der Waals surface area contributed by atoms with Crippen LogP contribution in [0.4, 0.5) is 4.39 Å². The molecule has 2 aromatic carbocycles. The molecule has 0 aliphatic carbocycles. The molecular weight excluding hydrogens is 479 g/mol. The lowest BCUT2D eigenvalue weighted by Gasteiger charge is -2.36. The summed E-state index contributed by atoms with van der Waals surface area (Å²) in [4.78, 5) is 30.6. The Morgan fingerprint density at radius 3 is 2.41 bits per heavy atom. The van der Waals surface area contributed by atoms with E-state index in [2.05, 4.69) is 9.88 Å². The highest BCUT2D eigenvalue weighted by Crippen LogP contribution is 2.27. The third-order valence-electron chi connectivity index (χ3n) is 6.27. The van der Waals surface area contributed by atoms with Crippen LogP contribution < -0.4 is 14.9 Å². The van der Waals surface area contributed by atoms with Crippen molar-refractivity contribution in [1.82, 2.24) is 14.8 Å². The van der Waals surface area contributed by atoms with Crippen LogP contribution in [0, 0.1) is 5.82 Å². The number of piperazine rings is 1. The first-order chi connectivity index (χ1) is 17.8. The molecule has 9 nitrogen and oxygen atoms in total. The number of H-pyrrole nitrogens is 1. The maximum atomic E-state index is 14.3. The van der Waals surface area contributed by atoms with Crippen LogP contribution in [0.2, 0.25) is 0 Å². The average molecular weight is 514 g/mol. The predicted octanol–water partition coefficient (Wildman–Crippen LogP) is 3.87. The third-order valence-corrected chi connectivity index (χ3v) is 6.27. The summed E-state index contributed by atoms with van der Waals surface area (Å²) < 4.78 is 25.0. The standard InChI is InChI=1S/C19H18FNO3.C8H16N3O2/c1-3-10-24-16-9-8-15(20)17-18(16)21-11-14(19(17)22)12-4-6-13(23-2)7-5-12;1-10-2-4-11(5-3-10)7(6-9)8(12)13/h4-9,11H,3,10H2,1-2H3,(H,21,22);7,9H,2-6H2,1H3,(H,12,13)/q;-1. The minimum absolute atomic E-state index is 0.0110. The van der Waals surface area contributed by atoms with Crippen LogP contribution >= 0.6 is 0 Å². The Bertz CT molecular complexity index is 1240. The van der Waals surface area contributed by atoms with E-state index < -0.39 is 17.8 Å². The SMILES string of the molecule is CCCOc1ccc(F)c2c(=O)c(-c3ccc(OC)cc3)c[nH]c12.CN1CCN(C(C[NH-])C(=O)O)CC1. The molecule has 1 aliphatic rings. The smallest absolute Gasteiger partial charge is 0.319 e. The second-order valence-corrected chi connectivity index (χ2v) is 8.80. The number of aromatic nitrogens is 1. The second-order valence-electron chi connectivity index (χ2n) is 8.80. The monoisotopic (exact) mass is 513 g/mol. The Morgan fingerprint density at radius 1 is 1.16 bits per heavy atom. The number of carboxylic acid groups (broad SMARTS) is 1. The molecule has 0 amide bonds. The van der Waals surface area contributed by atoms with Crippen LogP contribution in [0.5, 0.6) is 11.5 Å². The molecule has 3 N–H and O–H groups in total. The van der Waals surface area contributed by atoms with Gasteiger partial charge in [0.1, 0.15) is 17.3 Å². The molecule has 1 saturated heterocycles. The van der Waals surface area contributed by atoms with Gasteiger partial charge in [-0.2, -0.15) is 0 Å². The molecular formula is C27H34FN4O5-. The van der Waals surface area contributed by atoms with Crippen LogP contribution in [0.3, 0.4) is 0 Å². The third kappa shape index (κ3) is 6.85. The van der Waals surface area contributed by atoms with Crippen molar-refractivity contribution in [2.24, 2.45) is 0 Å². The van der Waals surface area contributed by atoms with E-state index in [1.807, 2.05) is 18.9 Å². The first-order valence-electron chi connectivity index (χ1n) is 12.2. The molecule has 3 aromatic rings. The highest BCUT2D eigenvalue weighted by atomic mass is 19.1. The normalized spacial score (nSPS) is 15.1. The maximum Gasteiger partial charge on any atom is 0.319 e. The van der Waals surface area contributed by atoms with Gasteiger partial charge in [-0.25, -0.2) is 4.39 Å². The van der Waals surface area contributed by atoms with Crippen molar-refractivity contribution < 1.29 is 23.8 Å². The quantitative estimate of drug-likeness (QED) is 0.469. The number of ether oxygens (including phenoxy) is 2. The summed E-state index contributed by atoms with van der Waals surface area (Å²) >= 11 is 0. The highest BCUT2D eigenvalue weighted by molar-refractivity contribution is 5.88. The zero-order chi connectivity index (χ0) is 26.9. The number of hydrogen-bond donors (Lipinski definition) is 2. The van der Waals surface area contributed by atoms with E-state index in [9.17, 15) is 14.0 Å². The van der Waals surface area contributed by atoms with E-state index >= 15 is 0 Å². The van der Waals surface area contributed by atoms with Crippen molar-refractivity contribution >= 4 is 16.9 Å². The number of pyridine rings is 1. The molecule has 1 unspecified atom stereocenters. The van der Waals surface area contributed by atoms with Gasteiger partial charge in [0.15, 0.2) is 5.43 Å². The zero-order valence-electron chi connectivity index (χ0n) is 21.4. The Kier molecular flexibility index (Phi) is 10.0. The number of carboxylic acids is 1. The van der Waals surface area contributed by atoms with E-state index in [0.717, 1.165) is 32.6 Å². The average Bonchev–Trinajstić information content (AvgIpc) is 2.90. The van der Waals surface area contributed by atoms with Gasteiger partial charge in [0, 0.05) is 37.9 Å². The van der Waals surface area contributed by atoms with Gasteiger partial charge in [0.25, 0.3) is 0 Å². The zero-order valence-corrected chi connectivity index (χ0v) is 21.4. The lowest BCUT2D eigenvalue weighted by molar-refractivity contribution is -0.143. The number of aromatic amines is 1. The molecule has 0 spiro atoms. The molecule has 0 saturated carbocycles. The Labute approximate surface area is 215 Å². The summed E-state index contributed by atoms with van der Waals surface area (Å²) in [5, 5.41) is 8.83. The minimum atomic E-state index is -0.875. The van der Waals surface area contributed by atoms with Gasteiger partial charge in [0.05, 0.1) is 30.7 Å². The molecule has 10 heteroatoms. The van der Waals surface area contributed by atoms with E-state index in [0.29, 0.717) is 34.7 Å². The van der Waals surface area contributed by atoms with Crippen molar-refractivity contribution in [3.63, 3.8) is 0 Å². The van der Waals surface area contributed by atoms with Gasteiger partial charge in [-0.15, -0.1) is 6.54 Å². The van der Waals surface area contributed by atoms with Crippen molar-refractivity contribution in [2.45, 2.75) is 19.4 Å². The summed E-state index contributed by atoms with van der Waals surface area (Å²) in [5.41, 5.74) is 8.25. The van der Waals surface area contributed by atoms with Gasteiger partial charge < -0.3 is 30.2 Å². The first-order valence-corrected chi connectivity index (χ1v) is 12.2. The van der Waals surface area contributed by atoms with Gasteiger partial charge in [-0.05, 0) is 43.3 Å². The number of carbonyl (C=O) groups is 1. The molecule has 1 fully saturated rings.